The highest BCUT2D eigenvalue weighted by atomic mass is 32.1. The number of aliphatic hydroxyl groups excluding tert-OH is 1. The molecular weight excluding hydrogens is 172 g/mol. The smallest absolute Gasteiger partial charge is 0.157 e. The third-order valence-corrected chi connectivity index (χ3v) is 1.80. The predicted molar refractivity (Wildman–Crippen MR) is 50.2 cm³/mol. The standard InChI is InChI=1S/C8H12N2OS/c1-5-3-9-8(10-4-5)7(11)6(2)12/h3-4,6-7,11-12H,1-2H3. The molecule has 1 rings (SSSR count). The van der Waals surface area contributed by atoms with Gasteiger partial charge in [-0.3, -0.25) is 0 Å². The normalized spacial score (nSPS) is 15.7. The van der Waals surface area contributed by atoms with Gasteiger partial charge in [0, 0.05) is 17.6 Å². The molecule has 12 heavy (non-hydrogen) atoms. The van der Waals surface area contributed by atoms with E-state index in [1.165, 1.54) is 0 Å². The molecule has 0 radical (unpaired) electrons. The zero-order valence-electron chi connectivity index (χ0n) is 7.10. The lowest BCUT2D eigenvalue weighted by molar-refractivity contribution is 0.170. The van der Waals surface area contributed by atoms with Crippen molar-refractivity contribution in [1.82, 2.24) is 9.97 Å². The lowest BCUT2D eigenvalue weighted by atomic mass is 10.2. The first-order valence-corrected chi connectivity index (χ1v) is 4.27. The van der Waals surface area contributed by atoms with Crippen LogP contribution in [0, 0.1) is 6.92 Å². The molecule has 0 fully saturated rings. The van der Waals surface area contributed by atoms with Crippen molar-refractivity contribution in [1.29, 1.82) is 0 Å². The van der Waals surface area contributed by atoms with E-state index in [1.54, 1.807) is 19.3 Å². The molecule has 0 saturated carbocycles. The highest BCUT2D eigenvalue weighted by Gasteiger charge is 2.14. The van der Waals surface area contributed by atoms with Gasteiger partial charge in [-0.25, -0.2) is 9.97 Å². The first-order valence-electron chi connectivity index (χ1n) is 3.76. The summed E-state index contributed by atoms with van der Waals surface area (Å²) in [5.41, 5.74) is 0.984. The van der Waals surface area contributed by atoms with E-state index < -0.39 is 6.10 Å². The number of rotatable bonds is 2. The molecule has 0 bridgehead atoms. The van der Waals surface area contributed by atoms with Crippen LogP contribution in [0.15, 0.2) is 12.4 Å². The molecule has 2 atom stereocenters. The van der Waals surface area contributed by atoms with E-state index in [4.69, 9.17) is 0 Å². The van der Waals surface area contributed by atoms with E-state index >= 15 is 0 Å². The van der Waals surface area contributed by atoms with E-state index in [-0.39, 0.29) is 5.25 Å². The monoisotopic (exact) mass is 184 g/mol. The van der Waals surface area contributed by atoms with E-state index in [2.05, 4.69) is 22.6 Å². The van der Waals surface area contributed by atoms with Gasteiger partial charge in [0.1, 0.15) is 6.10 Å². The quantitative estimate of drug-likeness (QED) is 0.677. The van der Waals surface area contributed by atoms with Gasteiger partial charge in [-0.2, -0.15) is 12.6 Å². The number of aromatic nitrogens is 2. The maximum absolute atomic E-state index is 9.49. The predicted octanol–water partition coefficient (Wildman–Crippen LogP) is 1.14. The lowest BCUT2D eigenvalue weighted by Crippen LogP contribution is -2.12. The largest absolute Gasteiger partial charge is 0.384 e. The summed E-state index contributed by atoms with van der Waals surface area (Å²) >= 11 is 4.10. The summed E-state index contributed by atoms with van der Waals surface area (Å²) in [5.74, 6) is 0.433. The number of thiol groups is 1. The van der Waals surface area contributed by atoms with Gasteiger partial charge in [-0.15, -0.1) is 0 Å². The van der Waals surface area contributed by atoms with Crippen molar-refractivity contribution in [3.8, 4) is 0 Å². The summed E-state index contributed by atoms with van der Waals surface area (Å²) in [6.45, 7) is 3.71. The average molecular weight is 184 g/mol. The Hall–Kier alpha value is -0.610. The Morgan fingerprint density at radius 2 is 1.92 bits per heavy atom. The molecule has 0 spiro atoms. The molecule has 4 heteroatoms. The molecule has 1 heterocycles. The molecule has 2 unspecified atom stereocenters. The zero-order chi connectivity index (χ0) is 9.14. The molecule has 0 aliphatic carbocycles. The van der Waals surface area contributed by atoms with Gasteiger partial charge in [0.05, 0.1) is 0 Å². The Bertz CT molecular complexity index is 248. The molecule has 1 aromatic rings. The van der Waals surface area contributed by atoms with Gasteiger partial charge in [-0.05, 0) is 12.5 Å². The topological polar surface area (TPSA) is 46.0 Å². The molecule has 3 nitrogen and oxygen atoms in total. The second kappa shape index (κ2) is 3.87. The minimum atomic E-state index is -0.686. The molecule has 0 saturated heterocycles. The van der Waals surface area contributed by atoms with Gasteiger partial charge in [0.25, 0.3) is 0 Å². The van der Waals surface area contributed by atoms with Crippen LogP contribution in [0.1, 0.15) is 24.4 Å². The van der Waals surface area contributed by atoms with Crippen molar-refractivity contribution in [2.24, 2.45) is 0 Å². The van der Waals surface area contributed by atoms with Crippen LogP contribution in [0.3, 0.4) is 0 Å². The third kappa shape index (κ3) is 2.19. The molecular formula is C8H12N2OS. The molecule has 0 aromatic carbocycles. The Labute approximate surface area is 77.3 Å². The molecule has 1 N–H and O–H groups in total. The van der Waals surface area contributed by atoms with Crippen molar-refractivity contribution in [3.05, 3.63) is 23.8 Å². The molecule has 0 amide bonds. The number of hydrogen-bond acceptors (Lipinski definition) is 4. The van der Waals surface area contributed by atoms with Crippen LogP contribution < -0.4 is 0 Å². The second-order valence-corrected chi connectivity index (χ2v) is 3.62. The van der Waals surface area contributed by atoms with Crippen molar-refractivity contribution in [2.45, 2.75) is 25.2 Å². The minimum absolute atomic E-state index is 0.146. The van der Waals surface area contributed by atoms with E-state index in [0.29, 0.717) is 5.82 Å². The van der Waals surface area contributed by atoms with Gasteiger partial charge >= 0.3 is 0 Å². The van der Waals surface area contributed by atoms with Crippen LogP contribution in [0.2, 0.25) is 0 Å². The summed E-state index contributed by atoms with van der Waals surface area (Å²) in [6, 6.07) is 0. The van der Waals surface area contributed by atoms with Crippen LogP contribution >= 0.6 is 12.6 Å². The Morgan fingerprint density at radius 3 is 2.33 bits per heavy atom. The third-order valence-electron chi connectivity index (χ3n) is 1.52. The van der Waals surface area contributed by atoms with E-state index in [9.17, 15) is 5.11 Å². The fourth-order valence-corrected chi connectivity index (χ4v) is 0.904. The Kier molecular flexibility index (Phi) is 3.05. The van der Waals surface area contributed by atoms with Gasteiger partial charge < -0.3 is 5.11 Å². The summed E-state index contributed by atoms with van der Waals surface area (Å²) in [6.07, 6.45) is 2.68. The maximum atomic E-state index is 9.49. The number of aliphatic hydroxyl groups is 1. The summed E-state index contributed by atoms with van der Waals surface area (Å²) < 4.78 is 0. The lowest BCUT2D eigenvalue weighted by Gasteiger charge is -2.11. The zero-order valence-corrected chi connectivity index (χ0v) is 7.99. The van der Waals surface area contributed by atoms with Crippen LogP contribution in [-0.2, 0) is 0 Å². The van der Waals surface area contributed by atoms with Crippen LogP contribution in [0.4, 0.5) is 0 Å². The van der Waals surface area contributed by atoms with Crippen LogP contribution in [0.25, 0.3) is 0 Å². The summed E-state index contributed by atoms with van der Waals surface area (Å²) in [7, 11) is 0. The fraction of sp³-hybridized carbons (Fsp3) is 0.500. The number of hydrogen-bond donors (Lipinski definition) is 2. The maximum Gasteiger partial charge on any atom is 0.157 e. The first kappa shape index (κ1) is 9.48. The summed E-state index contributed by atoms with van der Waals surface area (Å²) in [5, 5.41) is 9.34. The highest BCUT2D eigenvalue weighted by molar-refractivity contribution is 7.80. The first-order chi connectivity index (χ1) is 5.61. The van der Waals surface area contributed by atoms with Crippen LogP contribution in [0.5, 0.6) is 0 Å². The van der Waals surface area contributed by atoms with Crippen LogP contribution in [-0.4, -0.2) is 20.3 Å². The van der Waals surface area contributed by atoms with Gasteiger partial charge in [0.15, 0.2) is 5.82 Å². The second-order valence-electron chi connectivity index (χ2n) is 2.80. The molecule has 0 aliphatic heterocycles. The average Bonchev–Trinajstić information content (AvgIpc) is 2.04. The molecule has 1 aromatic heterocycles. The number of nitrogens with zero attached hydrogens (tertiary/aromatic N) is 2. The minimum Gasteiger partial charge on any atom is -0.384 e. The van der Waals surface area contributed by atoms with Crippen molar-refractivity contribution >= 4 is 12.6 Å². The van der Waals surface area contributed by atoms with Crippen molar-refractivity contribution < 1.29 is 5.11 Å². The Morgan fingerprint density at radius 1 is 1.42 bits per heavy atom. The van der Waals surface area contributed by atoms with Gasteiger partial charge in [0.2, 0.25) is 0 Å². The molecule has 66 valence electrons. The van der Waals surface area contributed by atoms with Crippen molar-refractivity contribution in [2.75, 3.05) is 0 Å². The summed E-state index contributed by atoms with van der Waals surface area (Å²) in [4.78, 5) is 7.98. The van der Waals surface area contributed by atoms with Crippen molar-refractivity contribution in [3.63, 3.8) is 0 Å². The highest BCUT2D eigenvalue weighted by Crippen LogP contribution is 2.15. The van der Waals surface area contributed by atoms with E-state index in [1.807, 2.05) is 6.92 Å². The van der Waals surface area contributed by atoms with E-state index in [0.717, 1.165) is 5.56 Å². The SMILES string of the molecule is Cc1cnc(C(O)C(C)S)nc1. The molecule has 0 aliphatic rings. The fourth-order valence-electron chi connectivity index (χ4n) is 0.771. The van der Waals surface area contributed by atoms with Gasteiger partial charge in [-0.1, -0.05) is 6.92 Å². The number of aryl methyl sites for hydroxylation is 1. The Balaban J connectivity index is 2.82.